The molecule has 15 heteroatoms. The number of fused-ring (bicyclic) bond motifs is 14. The molecular weight excluding hydrogens is 718 g/mol. The number of methoxy groups -OCH3 is 1. The van der Waals surface area contributed by atoms with E-state index in [4.69, 9.17) is 18.9 Å². The molecule has 1 aliphatic carbocycles. The molecule has 1 aromatic carbocycles. The average Bonchev–Trinajstić information content (AvgIpc) is 3.13. The molecule has 15 nitrogen and oxygen atoms in total. The molecule has 1 amide bonds. The van der Waals surface area contributed by atoms with Crippen LogP contribution in [0.15, 0.2) is 52.5 Å². The SMILES string of the molecule is COC(=O)[C@H]1[C@H](O)[C@H](C)[C@@H](O)[C@](C)(O)/C=C(\C)C2=C3C(=C(C)C(=O)c4c(O)c(c(C)c(OC(C)=O)c43)NC(=O)/C(C)=C\C=C/[C@@H](C)C(=O)[C@@H](C)[C@H]1O)OCO2. The van der Waals surface area contributed by atoms with Crippen LogP contribution in [0.4, 0.5) is 5.69 Å². The largest absolute Gasteiger partial charge is 0.505 e. The van der Waals surface area contributed by atoms with Crippen LogP contribution in [0, 0.1) is 30.6 Å². The molecule has 0 spiro atoms. The predicted octanol–water partition coefficient (Wildman–Crippen LogP) is 3.31. The summed E-state index contributed by atoms with van der Waals surface area (Å²) < 4.78 is 22.2. The number of allylic oxidation sites excluding steroid dienone is 6. The maximum Gasteiger partial charge on any atom is 0.313 e. The Morgan fingerprint density at radius 3 is 2.16 bits per heavy atom. The first-order chi connectivity index (χ1) is 25.6. The summed E-state index contributed by atoms with van der Waals surface area (Å²) in [6.45, 7) is 12.0. The summed E-state index contributed by atoms with van der Waals surface area (Å²) in [6.07, 6.45) is 0.0247. The second-order valence-electron chi connectivity index (χ2n) is 14.5. The molecule has 0 saturated carbocycles. The third-order valence-corrected chi connectivity index (χ3v) is 10.4. The fourth-order valence-corrected chi connectivity index (χ4v) is 7.13. The number of aliphatic hydroxyl groups excluding tert-OH is 3. The van der Waals surface area contributed by atoms with Gasteiger partial charge in [0.2, 0.25) is 6.79 Å². The first-order valence-electron chi connectivity index (χ1n) is 17.7. The van der Waals surface area contributed by atoms with Crippen molar-refractivity contribution in [3.05, 3.63) is 69.2 Å². The Hall–Kier alpha value is -5.09. The highest BCUT2D eigenvalue weighted by Crippen LogP contribution is 2.53. The third-order valence-electron chi connectivity index (χ3n) is 10.4. The quantitative estimate of drug-likeness (QED) is 0.144. The van der Waals surface area contributed by atoms with E-state index in [-0.39, 0.29) is 61.9 Å². The smallest absolute Gasteiger partial charge is 0.313 e. The number of nitrogens with one attached hydrogen (secondary N) is 1. The van der Waals surface area contributed by atoms with E-state index in [1.807, 2.05) is 0 Å². The Labute approximate surface area is 318 Å². The van der Waals surface area contributed by atoms with E-state index in [0.717, 1.165) is 14.0 Å². The van der Waals surface area contributed by atoms with E-state index in [0.29, 0.717) is 0 Å². The van der Waals surface area contributed by atoms with Gasteiger partial charge in [0, 0.05) is 47.0 Å². The van der Waals surface area contributed by atoms with Gasteiger partial charge in [-0.05, 0) is 46.3 Å². The van der Waals surface area contributed by atoms with Crippen molar-refractivity contribution in [2.45, 2.75) is 86.2 Å². The number of hydrogen-bond donors (Lipinski definition) is 6. The van der Waals surface area contributed by atoms with Crippen molar-refractivity contribution < 1.29 is 68.5 Å². The van der Waals surface area contributed by atoms with Gasteiger partial charge in [0.05, 0.1) is 42.2 Å². The minimum Gasteiger partial charge on any atom is -0.505 e. The zero-order valence-electron chi connectivity index (χ0n) is 32.5. The van der Waals surface area contributed by atoms with Gasteiger partial charge < -0.3 is 49.8 Å². The van der Waals surface area contributed by atoms with E-state index in [1.165, 1.54) is 79.7 Å². The second-order valence-corrected chi connectivity index (χ2v) is 14.5. The van der Waals surface area contributed by atoms with Crippen molar-refractivity contribution in [2.24, 2.45) is 23.7 Å². The van der Waals surface area contributed by atoms with Gasteiger partial charge in [-0.1, -0.05) is 39.0 Å². The predicted molar refractivity (Wildman–Crippen MR) is 197 cm³/mol. The molecule has 0 radical (unpaired) electrons. The van der Waals surface area contributed by atoms with E-state index < -0.39 is 89.5 Å². The van der Waals surface area contributed by atoms with Crippen LogP contribution in [0.25, 0.3) is 5.57 Å². The minimum absolute atomic E-state index is 0.00714. The lowest BCUT2D eigenvalue weighted by Gasteiger charge is -2.38. The van der Waals surface area contributed by atoms with Crippen molar-refractivity contribution in [3.63, 3.8) is 0 Å². The van der Waals surface area contributed by atoms with Crippen LogP contribution >= 0.6 is 0 Å². The number of benzene rings is 1. The number of carbonyl (C=O) groups is 5. The molecular formula is C40H49NO14. The van der Waals surface area contributed by atoms with Crippen LogP contribution < -0.4 is 10.1 Å². The van der Waals surface area contributed by atoms with Gasteiger partial charge >= 0.3 is 11.9 Å². The van der Waals surface area contributed by atoms with Gasteiger partial charge in [0.25, 0.3) is 5.91 Å². The monoisotopic (exact) mass is 767 g/mol. The summed E-state index contributed by atoms with van der Waals surface area (Å²) in [7, 11) is 1.04. The van der Waals surface area contributed by atoms with Crippen LogP contribution in [-0.4, -0.2) is 92.8 Å². The topological polar surface area (TPSA) is 235 Å². The number of carbonyl (C=O) groups excluding carboxylic acids is 5. The van der Waals surface area contributed by atoms with Crippen LogP contribution in [0.5, 0.6) is 11.5 Å². The molecule has 5 rings (SSSR count). The molecule has 8 atom stereocenters. The number of rotatable bonds is 2. The Morgan fingerprint density at radius 1 is 0.945 bits per heavy atom. The molecule has 0 saturated heterocycles. The van der Waals surface area contributed by atoms with E-state index in [2.05, 4.69) is 5.32 Å². The molecule has 1 aromatic rings. The second kappa shape index (κ2) is 16.3. The fraction of sp³-hybridized carbons (Fsp3) is 0.475. The Morgan fingerprint density at radius 2 is 1.56 bits per heavy atom. The summed E-state index contributed by atoms with van der Waals surface area (Å²) >= 11 is 0. The summed E-state index contributed by atoms with van der Waals surface area (Å²) in [6, 6.07) is 0. The standard InChI is InChI=1S/C40H49NO14/c1-16-12-11-13-17(2)38(49)41-28-19(4)36(55-23(8)42)24-25(33(28)47)31(45)21(6)35-26(24)34(53-15-54-35)18(3)14-40(9,51)37(48)22(7)32(46)27(39(50)52-10)30(44)20(5)29(16)43/h11-14,16,20,22,27,30,32,37,44,46-48,51H,15H2,1-10H3,(H,41,49)/b12-11-,17-13-,18-14+/t16-,20-,22+,27-,30-,32-,37-,40-/m1/s1. The zero-order valence-corrected chi connectivity index (χ0v) is 32.5. The number of anilines is 1. The van der Waals surface area contributed by atoms with Gasteiger partial charge in [-0.15, -0.1) is 0 Å². The summed E-state index contributed by atoms with van der Waals surface area (Å²) in [5, 5.41) is 60.4. The summed E-state index contributed by atoms with van der Waals surface area (Å²) in [4.78, 5) is 66.4. The number of amides is 1. The molecule has 55 heavy (non-hydrogen) atoms. The normalized spacial score (nSPS) is 32.0. The van der Waals surface area contributed by atoms with E-state index in [9.17, 15) is 49.5 Å². The number of phenolic OH excluding ortho intramolecular Hbond substituents is 1. The van der Waals surface area contributed by atoms with E-state index >= 15 is 0 Å². The Kier molecular flexibility index (Phi) is 12.7. The summed E-state index contributed by atoms with van der Waals surface area (Å²) in [5.74, 6) is -9.80. The van der Waals surface area contributed by atoms with Crippen molar-refractivity contribution in [3.8, 4) is 11.5 Å². The Bertz CT molecular complexity index is 1960. The lowest BCUT2D eigenvalue weighted by Crippen LogP contribution is -2.52. The molecule has 4 aliphatic rings. The maximum atomic E-state index is 14.0. The van der Waals surface area contributed by atoms with Crippen LogP contribution in [0.3, 0.4) is 0 Å². The first-order valence-corrected chi connectivity index (χ1v) is 17.7. The number of aromatic hydroxyl groups is 1. The van der Waals surface area contributed by atoms with Gasteiger partial charge in [-0.2, -0.15) is 0 Å². The lowest BCUT2D eigenvalue weighted by atomic mass is 9.75. The van der Waals surface area contributed by atoms with Crippen molar-refractivity contribution in [1.29, 1.82) is 0 Å². The van der Waals surface area contributed by atoms with Crippen molar-refractivity contribution >= 4 is 40.7 Å². The maximum absolute atomic E-state index is 14.0. The first kappa shape index (κ1) is 42.6. The highest BCUT2D eigenvalue weighted by molar-refractivity contribution is 6.21. The van der Waals surface area contributed by atoms with E-state index in [1.54, 1.807) is 0 Å². The number of ether oxygens (including phenoxy) is 4. The van der Waals surface area contributed by atoms with Crippen LogP contribution in [0.2, 0.25) is 0 Å². The van der Waals surface area contributed by atoms with Crippen LogP contribution in [0.1, 0.15) is 76.9 Å². The zero-order chi connectivity index (χ0) is 41.4. The molecule has 0 fully saturated rings. The molecule has 298 valence electrons. The number of esters is 2. The lowest BCUT2D eigenvalue weighted by molar-refractivity contribution is -0.166. The molecule has 3 aliphatic heterocycles. The molecule has 4 bridgehead atoms. The number of Topliss-reactive ketones (excluding diaryl/α,β-unsaturated/α-hetero) is 2. The third kappa shape index (κ3) is 8.01. The number of phenols is 1. The van der Waals surface area contributed by atoms with Gasteiger partial charge in [0.1, 0.15) is 34.6 Å². The number of aliphatic hydroxyl groups is 4. The summed E-state index contributed by atoms with van der Waals surface area (Å²) in [5.41, 5.74) is -2.46. The van der Waals surface area contributed by atoms with Gasteiger partial charge in [0.15, 0.2) is 11.5 Å². The Balaban J connectivity index is 2.07. The highest BCUT2D eigenvalue weighted by atomic mass is 16.7. The fourth-order valence-electron chi connectivity index (χ4n) is 7.13. The van der Waals surface area contributed by atoms with Gasteiger partial charge in [-0.25, -0.2) is 0 Å². The number of ketones is 2. The molecule has 0 unspecified atom stereocenters. The number of hydrogen-bond acceptors (Lipinski definition) is 14. The van der Waals surface area contributed by atoms with Crippen molar-refractivity contribution in [1.82, 2.24) is 0 Å². The van der Waals surface area contributed by atoms with Crippen molar-refractivity contribution in [2.75, 3.05) is 19.2 Å². The molecule has 3 heterocycles. The highest BCUT2D eigenvalue weighted by Gasteiger charge is 2.47. The van der Waals surface area contributed by atoms with Crippen LogP contribution in [-0.2, 0) is 33.4 Å². The molecule has 6 N–H and O–H groups in total. The molecule has 0 aromatic heterocycles. The minimum atomic E-state index is -2.19. The average molecular weight is 768 g/mol. The van der Waals surface area contributed by atoms with Gasteiger partial charge in [-0.3, -0.25) is 24.0 Å².